The summed E-state index contributed by atoms with van der Waals surface area (Å²) in [5, 5.41) is 5.28. The minimum absolute atomic E-state index is 0.259. The Bertz CT molecular complexity index is 1190. The van der Waals surface area contributed by atoms with E-state index in [1.165, 1.54) is 23.8 Å². The SMILES string of the molecule is C=C(/C=c1\c(=C/C)c(C(C)CNC)cn1C)N(CC)C(=O)/C=C(\CC)c1ccc(C(F)(F)F)cc1. The van der Waals surface area contributed by atoms with Gasteiger partial charge in [-0.15, -0.1) is 0 Å². The smallest absolute Gasteiger partial charge is 0.350 e. The van der Waals surface area contributed by atoms with Gasteiger partial charge >= 0.3 is 6.18 Å². The third-order valence-corrected chi connectivity index (χ3v) is 6.12. The average Bonchev–Trinajstić information content (AvgIpc) is 3.12. The summed E-state index contributed by atoms with van der Waals surface area (Å²) in [6, 6.07) is 4.89. The Morgan fingerprint density at radius 1 is 1.23 bits per heavy atom. The molecular weight excluding hydrogens is 451 g/mol. The monoisotopic (exact) mass is 487 g/mol. The molecule has 0 saturated heterocycles. The summed E-state index contributed by atoms with van der Waals surface area (Å²) in [5.41, 5.74) is 2.31. The number of nitrogens with zero attached hydrogens (tertiary/aromatic N) is 2. The van der Waals surface area contributed by atoms with Crippen LogP contribution >= 0.6 is 0 Å². The lowest BCUT2D eigenvalue weighted by Crippen LogP contribution is -2.34. The number of halogens is 3. The topological polar surface area (TPSA) is 37.3 Å². The van der Waals surface area contributed by atoms with Crippen LogP contribution in [0.15, 0.2) is 48.8 Å². The highest BCUT2D eigenvalue weighted by molar-refractivity contribution is 5.96. The third kappa shape index (κ3) is 6.75. The minimum Gasteiger partial charge on any atom is -0.350 e. The van der Waals surface area contributed by atoms with E-state index in [9.17, 15) is 18.0 Å². The Morgan fingerprint density at radius 2 is 1.86 bits per heavy atom. The van der Waals surface area contributed by atoms with E-state index in [4.69, 9.17) is 0 Å². The first-order valence-electron chi connectivity index (χ1n) is 11.8. The number of allylic oxidation sites excluding steroid dienone is 2. The molecule has 7 heteroatoms. The summed E-state index contributed by atoms with van der Waals surface area (Å²) in [6.07, 6.45) is 3.68. The fourth-order valence-electron chi connectivity index (χ4n) is 4.21. The molecule has 2 aromatic rings. The van der Waals surface area contributed by atoms with Gasteiger partial charge in [-0.05, 0) is 73.4 Å². The number of likely N-dealkylation sites (N-methyl/N-ethyl adjacent to an activating group) is 2. The molecule has 4 nitrogen and oxygen atoms in total. The number of nitrogens with one attached hydrogen (secondary N) is 1. The summed E-state index contributed by atoms with van der Waals surface area (Å²) < 4.78 is 40.7. The number of rotatable bonds is 9. The van der Waals surface area contributed by atoms with Crippen molar-refractivity contribution in [1.82, 2.24) is 14.8 Å². The number of aromatic nitrogens is 1. The fourth-order valence-corrected chi connectivity index (χ4v) is 4.21. The van der Waals surface area contributed by atoms with Crippen molar-refractivity contribution in [3.63, 3.8) is 0 Å². The molecule has 35 heavy (non-hydrogen) atoms. The van der Waals surface area contributed by atoms with Crippen LogP contribution in [0.1, 0.15) is 56.7 Å². The van der Waals surface area contributed by atoms with Crippen LogP contribution in [0.3, 0.4) is 0 Å². The van der Waals surface area contributed by atoms with Crippen molar-refractivity contribution in [2.75, 3.05) is 20.1 Å². The number of carbonyl (C=O) groups excluding carboxylic acids is 1. The van der Waals surface area contributed by atoms with Gasteiger partial charge in [-0.1, -0.05) is 38.6 Å². The van der Waals surface area contributed by atoms with Crippen molar-refractivity contribution in [2.24, 2.45) is 7.05 Å². The van der Waals surface area contributed by atoms with Crippen LogP contribution in [0.4, 0.5) is 13.2 Å². The molecule has 0 aliphatic rings. The molecule has 1 aromatic heterocycles. The number of benzene rings is 1. The molecule has 1 N–H and O–H groups in total. The maximum Gasteiger partial charge on any atom is 0.416 e. The fraction of sp³-hybridized carbons (Fsp3) is 0.393. The number of hydrogen-bond acceptors (Lipinski definition) is 2. The summed E-state index contributed by atoms with van der Waals surface area (Å²) in [5.74, 6) is 0.0565. The van der Waals surface area contributed by atoms with E-state index in [1.54, 1.807) is 4.90 Å². The molecule has 1 aromatic carbocycles. The van der Waals surface area contributed by atoms with Crippen molar-refractivity contribution < 1.29 is 18.0 Å². The molecule has 0 saturated carbocycles. The van der Waals surface area contributed by atoms with E-state index in [0.717, 1.165) is 29.2 Å². The van der Waals surface area contributed by atoms with Crippen LogP contribution < -0.4 is 15.9 Å². The molecular formula is C28H36F3N3O. The largest absolute Gasteiger partial charge is 0.416 e. The van der Waals surface area contributed by atoms with Crippen molar-refractivity contribution in [1.29, 1.82) is 0 Å². The van der Waals surface area contributed by atoms with E-state index in [2.05, 4.69) is 31.1 Å². The maximum atomic E-state index is 13.2. The van der Waals surface area contributed by atoms with Crippen LogP contribution in [0.2, 0.25) is 0 Å². The molecule has 1 amide bonds. The Labute approximate surface area is 206 Å². The number of hydrogen-bond donors (Lipinski definition) is 1. The van der Waals surface area contributed by atoms with Crippen molar-refractivity contribution in [2.45, 2.75) is 46.2 Å². The van der Waals surface area contributed by atoms with Gasteiger partial charge in [-0.25, -0.2) is 0 Å². The molecule has 1 unspecified atom stereocenters. The zero-order valence-corrected chi connectivity index (χ0v) is 21.5. The van der Waals surface area contributed by atoms with Crippen LogP contribution in [0.25, 0.3) is 17.7 Å². The molecule has 0 spiro atoms. The van der Waals surface area contributed by atoms with E-state index in [-0.39, 0.29) is 5.91 Å². The van der Waals surface area contributed by atoms with Crippen molar-refractivity contribution >= 4 is 23.6 Å². The molecule has 190 valence electrons. The van der Waals surface area contributed by atoms with E-state index in [0.29, 0.717) is 35.7 Å². The van der Waals surface area contributed by atoms with Crippen LogP contribution in [-0.2, 0) is 18.0 Å². The first-order chi connectivity index (χ1) is 16.5. The van der Waals surface area contributed by atoms with Gasteiger partial charge in [0.05, 0.1) is 5.56 Å². The van der Waals surface area contributed by atoms with Gasteiger partial charge < -0.3 is 14.8 Å². The summed E-state index contributed by atoms with van der Waals surface area (Å²) in [4.78, 5) is 14.8. The quantitative estimate of drug-likeness (QED) is 0.516. The van der Waals surface area contributed by atoms with Gasteiger partial charge in [0.1, 0.15) is 0 Å². The van der Waals surface area contributed by atoms with E-state index in [1.807, 2.05) is 45.5 Å². The van der Waals surface area contributed by atoms with Gasteiger partial charge in [0.2, 0.25) is 0 Å². The Kier molecular flexibility index (Phi) is 9.72. The molecule has 2 rings (SSSR count). The average molecular weight is 488 g/mol. The summed E-state index contributed by atoms with van der Waals surface area (Å²) in [6.45, 7) is 13.3. The minimum atomic E-state index is -4.40. The Balaban J connectivity index is 2.40. The van der Waals surface area contributed by atoms with Gasteiger partial charge in [0.15, 0.2) is 0 Å². The van der Waals surface area contributed by atoms with Crippen LogP contribution in [-0.4, -0.2) is 35.5 Å². The van der Waals surface area contributed by atoms with Gasteiger partial charge in [0, 0.05) is 43.5 Å². The second-order valence-corrected chi connectivity index (χ2v) is 8.56. The van der Waals surface area contributed by atoms with Crippen molar-refractivity contribution in [3.8, 4) is 0 Å². The number of aryl methyl sites for hydroxylation is 1. The molecule has 0 aliphatic carbocycles. The first-order valence-corrected chi connectivity index (χ1v) is 11.8. The Morgan fingerprint density at radius 3 is 2.34 bits per heavy atom. The van der Waals surface area contributed by atoms with Crippen LogP contribution in [0, 0.1) is 0 Å². The molecule has 0 radical (unpaired) electrons. The molecule has 1 heterocycles. The molecule has 0 fully saturated rings. The van der Waals surface area contributed by atoms with Crippen molar-refractivity contribution in [3.05, 3.63) is 76.1 Å². The summed E-state index contributed by atoms with van der Waals surface area (Å²) >= 11 is 0. The lowest BCUT2D eigenvalue weighted by atomic mass is 10.0. The lowest BCUT2D eigenvalue weighted by molar-refractivity contribution is -0.137. The second kappa shape index (κ2) is 12.1. The number of amides is 1. The summed E-state index contributed by atoms with van der Waals surface area (Å²) in [7, 11) is 3.90. The number of alkyl halides is 3. The normalized spacial score (nSPS) is 14.4. The lowest BCUT2D eigenvalue weighted by Gasteiger charge is -2.20. The highest BCUT2D eigenvalue weighted by Crippen LogP contribution is 2.30. The highest BCUT2D eigenvalue weighted by atomic mass is 19.4. The maximum absolute atomic E-state index is 13.2. The van der Waals surface area contributed by atoms with Crippen LogP contribution in [0.5, 0.6) is 0 Å². The second-order valence-electron chi connectivity index (χ2n) is 8.56. The predicted octanol–water partition coefficient (Wildman–Crippen LogP) is 4.80. The van der Waals surface area contributed by atoms with Gasteiger partial charge in [0.25, 0.3) is 5.91 Å². The molecule has 0 bridgehead atoms. The zero-order valence-electron chi connectivity index (χ0n) is 21.5. The zero-order chi connectivity index (χ0) is 26.3. The third-order valence-electron chi connectivity index (χ3n) is 6.12. The first kappa shape index (κ1) is 28.2. The van der Waals surface area contributed by atoms with Gasteiger partial charge in [-0.3, -0.25) is 4.79 Å². The number of carbonyl (C=O) groups is 1. The predicted molar refractivity (Wildman–Crippen MR) is 138 cm³/mol. The van der Waals surface area contributed by atoms with Gasteiger partial charge in [-0.2, -0.15) is 13.2 Å². The Hall–Kier alpha value is -3.06. The highest BCUT2D eigenvalue weighted by Gasteiger charge is 2.30. The van der Waals surface area contributed by atoms with E-state index >= 15 is 0 Å². The standard InChI is InChI=1S/C28H36F3N3O/c1-8-21(22-11-13-23(14-12-22)28(29,30)31)16-27(35)34(10-3)20(5)15-26-24(9-2)25(18-33(26)7)19(4)17-32-6/h9,11-16,18-19,32H,5,8,10,17H2,1-4,6-7H3/b21-16+,24-9-,26-15+. The van der Waals surface area contributed by atoms with E-state index < -0.39 is 11.7 Å². The molecule has 0 aliphatic heterocycles. The molecule has 1 atom stereocenters.